The number of nitrogens with zero attached hydrogens (tertiary/aromatic N) is 1. The number of benzene rings is 1. The second-order valence-corrected chi connectivity index (χ2v) is 6.21. The zero-order chi connectivity index (χ0) is 12.5. The molecule has 0 bridgehead atoms. The van der Waals surface area contributed by atoms with E-state index in [4.69, 9.17) is 10.7 Å². The summed E-state index contributed by atoms with van der Waals surface area (Å²) in [4.78, 5) is 4.02. The number of aryl methyl sites for hydroxylation is 1. The van der Waals surface area contributed by atoms with Gasteiger partial charge in [-0.15, -0.1) is 0 Å². The van der Waals surface area contributed by atoms with Gasteiger partial charge in [0.15, 0.2) is 0 Å². The Balaban J connectivity index is 2.72. The van der Waals surface area contributed by atoms with Crippen LogP contribution >= 0.6 is 10.7 Å². The van der Waals surface area contributed by atoms with Crippen LogP contribution in [0, 0.1) is 6.92 Å². The molecule has 0 radical (unpaired) electrons. The Labute approximate surface area is 105 Å². The number of hydrogen-bond acceptors (Lipinski definition) is 3. The van der Waals surface area contributed by atoms with Gasteiger partial charge in [-0.25, -0.2) is 8.42 Å². The van der Waals surface area contributed by atoms with Crippen molar-refractivity contribution >= 4 is 19.7 Å². The molecule has 0 saturated carbocycles. The Kier molecular flexibility index (Phi) is 3.17. The average Bonchev–Trinajstić information content (AvgIpc) is 2.28. The lowest BCUT2D eigenvalue weighted by atomic mass is 10.0. The predicted molar refractivity (Wildman–Crippen MR) is 67.4 cm³/mol. The first kappa shape index (κ1) is 12.1. The second kappa shape index (κ2) is 4.47. The number of rotatable bonds is 2. The van der Waals surface area contributed by atoms with E-state index in [1.807, 2.05) is 6.92 Å². The lowest BCUT2D eigenvalue weighted by Crippen LogP contribution is -1.95. The van der Waals surface area contributed by atoms with Crippen molar-refractivity contribution in [3.05, 3.63) is 48.3 Å². The van der Waals surface area contributed by atoms with Gasteiger partial charge in [-0.05, 0) is 30.7 Å². The molecule has 0 amide bonds. The van der Waals surface area contributed by atoms with Gasteiger partial charge in [-0.3, -0.25) is 4.98 Å². The Morgan fingerprint density at radius 1 is 1.12 bits per heavy atom. The molecule has 0 saturated heterocycles. The summed E-state index contributed by atoms with van der Waals surface area (Å²) in [6, 6.07) is 8.54. The van der Waals surface area contributed by atoms with Crippen molar-refractivity contribution in [1.82, 2.24) is 4.98 Å². The summed E-state index contributed by atoms with van der Waals surface area (Å²) in [5.74, 6) is 0. The van der Waals surface area contributed by atoms with E-state index in [2.05, 4.69) is 4.98 Å². The zero-order valence-electron chi connectivity index (χ0n) is 9.09. The molecule has 17 heavy (non-hydrogen) atoms. The fourth-order valence-corrected chi connectivity index (χ4v) is 2.69. The maximum atomic E-state index is 11.5. The third kappa shape index (κ3) is 2.65. The molecule has 0 N–H and O–H groups in total. The molecule has 2 rings (SSSR count). The molecule has 88 valence electrons. The summed E-state index contributed by atoms with van der Waals surface area (Å²) in [7, 11) is 1.68. The van der Waals surface area contributed by atoms with Crippen LogP contribution in [0.3, 0.4) is 0 Å². The molecule has 0 aliphatic rings. The minimum atomic E-state index is -3.75. The molecule has 2 aromatic rings. The van der Waals surface area contributed by atoms with E-state index in [-0.39, 0.29) is 4.90 Å². The van der Waals surface area contributed by atoms with E-state index in [0.717, 1.165) is 11.1 Å². The van der Waals surface area contributed by atoms with E-state index in [9.17, 15) is 8.42 Å². The normalized spacial score (nSPS) is 11.4. The van der Waals surface area contributed by atoms with Crippen LogP contribution in [0.5, 0.6) is 0 Å². The molecule has 0 aliphatic heterocycles. The van der Waals surface area contributed by atoms with E-state index in [1.165, 1.54) is 6.07 Å². The maximum absolute atomic E-state index is 11.5. The topological polar surface area (TPSA) is 47.0 Å². The monoisotopic (exact) mass is 267 g/mol. The molecule has 0 fully saturated rings. The first-order chi connectivity index (χ1) is 7.98. The van der Waals surface area contributed by atoms with Gasteiger partial charge in [0.25, 0.3) is 9.05 Å². The number of aromatic nitrogens is 1. The molecule has 0 atom stereocenters. The first-order valence-electron chi connectivity index (χ1n) is 4.94. The highest BCUT2D eigenvalue weighted by Gasteiger charge is 2.16. The molecule has 1 heterocycles. The van der Waals surface area contributed by atoms with Crippen LogP contribution < -0.4 is 0 Å². The Bertz CT molecular complexity index is 639. The van der Waals surface area contributed by atoms with Crippen LogP contribution in [-0.4, -0.2) is 13.4 Å². The van der Waals surface area contributed by atoms with E-state index in [0.29, 0.717) is 5.56 Å². The Morgan fingerprint density at radius 3 is 2.35 bits per heavy atom. The van der Waals surface area contributed by atoms with Gasteiger partial charge in [0.1, 0.15) is 0 Å². The van der Waals surface area contributed by atoms with Gasteiger partial charge in [0, 0.05) is 28.6 Å². The van der Waals surface area contributed by atoms with Crippen LogP contribution in [0.4, 0.5) is 0 Å². The van der Waals surface area contributed by atoms with Crippen molar-refractivity contribution in [2.45, 2.75) is 11.8 Å². The fourth-order valence-electron chi connectivity index (χ4n) is 1.61. The van der Waals surface area contributed by atoms with Crippen molar-refractivity contribution in [2.24, 2.45) is 0 Å². The Hall–Kier alpha value is -1.39. The van der Waals surface area contributed by atoms with Gasteiger partial charge in [0.05, 0.1) is 4.90 Å². The number of pyridine rings is 1. The van der Waals surface area contributed by atoms with Crippen LogP contribution in [0.1, 0.15) is 5.56 Å². The SMILES string of the molecule is Cc1ccc(S(=O)(=O)Cl)c(-c2ccncc2)c1. The lowest BCUT2D eigenvalue weighted by molar-refractivity contribution is 0.610. The van der Waals surface area contributed by atoms with Gasteiger partial charge in [0.2, 0.25) is 0 Å². The van der Waals surface area contributed by atoms with Crippen molar-refractivity contribution in [1.29, 1.82) is 0 Å². The summed E-state index contributed by atoms with van der Waals surface area (Å²) in [5.41, 5.74) is 2.35. The smallest absolute Gasteiger partial charge is 0.261 e. The van der Waals surface area contributed by atoms with E-state index >= 15 is 0 Å². The van der Waals surface area contributed by atoms with Crippen molar-refractivity contribution in [3.63, 3.8) is 0 Å². The van der Waals surface area contributed by atoms with Gasteiger partial charge < -0.3 is 0 Å². The van der Waals surface area contributed by atoms with E-state index < -0.39 is 9.05 Å². The van der Waals surface area contributed by atoms with Crippen molar-refractivity contribution in [2.75, 3.05) is 0 Å². The summed E-state index contributed by atoms with van der Waals surface area (Å²) in [6.07, 6.45) is 3.23. The molecule has 1 aromatic heterocycles. The summed E-state index contributed by atoms with van der Waals surface area (Å²) >= 11 is 0. The lowest BCUT2D eigenvalue weighted by Gasteiger charge is -2.07. The van der Waals surface area contributed by atoms with Gasteiger partial charge >= 0.3 is 0 Å². The minimum Gasteiger partial charge on any atom is -0.265 e. The van der Waals surface area contributed by atoms with Crippen LogP contribution in [0.25, 0.3) is 11.1 Å². The molecule has 1 aromatic carbocycles. The quantitative estimate of drug-likeness (QED) is 0.786. The number of hydrogen-bond donors (Lipinski definition) is 0. The molecular formula is C12H10ClNO2S. The average molecular weight is 268 g/mol. The fraction of sp³-hybridized carbons (Fsp3) is 0.0833. The third-order valence-electron chi connectivity index (χ3n) is 2.39. The van der Waals surface area contributed by atoms with E-state index in [1.54, 1.807) is 36.7 Å². The standard InChI is InChI=1S/C12H10ClNO2S/c1-9-2-3-12(17(13,15)16)11(8-9)10-4-6-14-7-5-10/h2-8H,1H3. The largest absolute Gasteiger partial charge is 0.265 e. The third-order valence-corrected chi connectivity index (χ3v) is 3.77. The number of halogens is 1. The highest BCUT2D eigenvalue weighted by molar-refractivity contribution is 8.13. The maximum Gasteiger partial charge on any atom is 0.261 e. The summed E-state index contributed by atoms with van der Waals surface area (Å²) in [5, 5.41) is 0. The Morgan fingerprint density at radius 2 is 1.76 bits per heavy atom. The van der Waals surface area contributed by atoms with Crippen LogP contribution in [-0.2, 0) is 9.05 Å². The highest BCUT2D eigenvalue weighted by Crippen LogP contribution is 2.30. The minimum absolute atomic E-state index is 0.121. The molecule has 0 unspecified atom stereocenters. The predicted octanol–water partition coefficient (Wildman–Crippen LogP) is 2.98. The molecule has 0 spiro atoms. The summed E-state index contributed by atoms with van der Waals surface area (Å²) in [6.45, 7) is 1.90. The molecule has 5 heteroatoms. The zero-order valence-corrected chi connectivity index (χ0v) is 10.7. The van der Waals surface area contributed by atoms with Crippen LogP contribution in [0.2, 0.25) is 0 Å². The van der Waals surface area contributed by atoms with Gasteiger partial charge in [-0.2, -0.15) is 0 Å². The van der Waals surface area contributed by atoms with Crippen molar-refractivity contribution < 1.29 is 8.42 Å². The highest BCUT2D eigenvalue weighted by atomic mass is 35.7. The van der Waals surface area contributed by atoms with Crippen LogP contribution in [0.15, 0.2) is 47.6 Å². The molecular weight excluding hydrogens is 258 g/mol. The van der Waals surface area contributed by atoms with Crippen molar-refractivity contribution in [3.8, 4) is 11.1 Å². The first-order valence-corrected chi connectivity index (χ1v) is 7.25. The summed E-state index contributed by atoms with van der Waals surface area (Å²) < 4.78 is 23.0. The molecule has 3 nitrogen and oxygen atoms in total. The second-order valence-electron chi connectivity index (χ2n) is 3.67. The van der Waals surface area contributed by atoms with Gasteiger partial charge in [-0.1, -0.05) is 17.7 Å². The molecule has 0 aliphatic carbocycles.